The lowest BCUT2D eigenvalue weighted by Crippen LogP contribution is -2.68. The Bertz CT molecular complexity index is 422. The normalized spacial score (nSPS) is 30.1. The summed E-state index contributed by atoms with van der Waals surface area (Å²) in [4.78, 5) is 4.37. The van der Waals surface area contributed by atoms with Crippen LogP contribution >= 0.6 is 11.3 Å². The molecule has 1 aromatic heterocycles. The van der Waals surface area contributed by atoms with Gasteiger partial charge in [0.25, 0.3) is 0 Å². The Morgan fingerprint density at radius 2 is 2.15 bits per heavy atom. The molecule has 1 aliphatic heterocycles. The van der Waals surface area contributed by atoms with E-state index in [1.807, 2.05) is 11.3 Å². The maximum atomic E-state index is 3.86. The standard InChI is InChI=1S/C17H28N2S/c1-3-16(2)14-19(11-8-15-7-6-12-20-15)17(13-18-16)9-4-5-10-17/h6-7,12,18H,3-5,8-11,13-14H2,1-2H3. The summed E-state index contributed by atoms with van der Waals surface area (Å²) in [6.07, 6.45) is 8.06. The largest absolute Gasteiger partial charge is 0.308 e. The van der Waals surface area contributed by atoms with Crippen molar-refractivity contribution < 1.29 is 0 Å². The molecule has 112 valence electrons. The summed E-state index contributed by atoms with van der Waals surface area (Å²) >= 11 is 1.91. The molecule has 1 atom stereocenters. The SMILES string of the molecule is CCC1(C)CN(CCc2cccs2)C2(CCCC2)CN1. The van der Waals surface area contributed by atoms with Gasteiger partial charge in [-0.25, -0.2) is 0 Å². The Morgan fingerprint density at radius 3 is 2.80 bits per heavy atom. The molecular weight excluding hydrogens is 264 g/mol. The van der Waals surface area contributed by atoms with Gasteiger partial charge in [-0.2, -0.15) is 0 Å². The van der Waals surface area contributed by atoms with E-state index in [1.165, 1.54) is 63.0 Å². The second kappa shape index (κ2) is 5.78. The number of rotatable bonds is 4. The highest BCUT2D eigenvalue weighted by atomic mass is 32.1. The van der Waals surface area contributed by atoms with E-state index in [2.05, 4.69) is 41.6 Å². The van der Waals surface area contributed by atoms with Crippen molar-refractivity contribution in [3.8, 4) is 0 Å². The van der Waals surface area contributed by atoms with Crippen LogP contribution < -0.4 is 5.32 Å². The first-order valence-corrected chi connectivity index (χ1v) is 9.06. The highest BCUT2D eigenvalue weighted by molar-refractivity contribution is 7.09. The Hall–Kier alpha value is -0.380. The zero-order valence-electron chi connectivity index (χ0n) is 13.0. The van der Waals surface area contributed by atoms with Crippen molar-refractivity contribution in [1.82, 2.24) is 10.2 Å². The molecule has 2 aliphatic rings. The van der Waals surface area contributed by atoms with E-state index in [1.54, 1.807) is 0 Å². The van der Waals surface area contributed by atoms with Gasteiger partial charge >= 0.3 is 0 Å². The van der Waals surface area contributed by atoms with E-state index in [4.69, 9.17) is 0 Å². The van der Waals surface area contributed by atoms with Crippen LogP contribution in [0.15, 0.2) is 17.5 Å². The Labute approximate surface area is 127 Å². The molecule has 2 heterocycles. The molecule has 0 amide bonds. The summed E-state index contributed by atoms with van der Waals surface area (Å²) in [6.45, 7) is 8.36. The van der Waals surface area contributed by atoms with Crippen LogP contribution in [0.5, 0.6) is 0 Å². The number of nitrogens with one attached hydrogen (secondary N) is 1. The fraction of sp³-hybridized carbons (Fsp3) is 0.765. The van der Waals surface area contributed by atoms with Gasteiger partial charge in [0.15, 0.2) is 0 Å². The van der Waals surface area contributed by atoms with Crippen LogP contribution in [-0.4, -0.2) is 35.6 Å². The fourth-order valence-electron chi connectivity index (χ4n) is 3.91. The molecule has 1 N–H and O–H groups in total. The second-order valence-electron chi connectivity index (χ2n) is 6.95. The van der Waals surface area contributed by atoms with E-state index < -0.39 is 0 Å². The van der Waals surface area contributed by atoms with Gasteiger partial charge in [0.2, 0.25) is 0 Å². The van der Waals surface area contributed by atoms with Crippen molar-refractivity contribution in [3.63, 3.8) is 0 Å². The third-order valence-corrected chi connectivity index (χ3v) is 6.51. The number of hydrogen-bond donors (Lipinski definition) is 1. The molecule has 1 aliphatic carbocycles. The lowest BCUT2D eigenvalue weighted by molar-refractivity contribution is 0.0130. The van der Waals surface area contributed by atoms with Crippen LogP contribution in [0.25, 0.3) is 0 Å². The van der Waals surface area contributed by atoms with Gasteiger partial charge in [-0.05, 0) is 44.1 Å². The molecule has 2 fully saturated rings. The van der Waals surface area contributed by atoms with Crippen LogP contribution in [0.3, 0.4) is 0 Å². The highest BCUT2D eigenvalue weighted by Crippen LogP contribution is 2.39. The van der Waals surface area contributed by atoms with E-state index in [0.29, 0.717) is 11.1 Å². The predicted molar refractivity (Wildman–Crippen MR) is 87.5 cm³/mol. The third kappa shape index (κ3) is 2.81. The van der Waals surface area contributed by atoms with Gasteiger partial charge in [-0.1, -0.05) is 25.8 Å². The monoisotopic (exact) mass is 292 g/mol. The quantitative estimate of drug-likeness (QED) is 0.911. The molecular formula is C17H28N2S. The van der Waals surface area contributed by atoms with E-state index in [9.17, 15) is 0 Å². The van der Waals surface area contributed by atoms with Gasteiger partial charge in [0, 0.05) is 35.6 Å². The number of nitrogens with zero attached hydrogens (tertiary/aromatic N) is 1. The van der Waals surface area contributed by atoms with Crippen LogP contribution in [0.2, 0.25) is 0 Å². The number of thiophene rings is 1. The van der Waals surface area contributed by atoms with Crippen molar-refractivity contribution in [1.29, 1.82) is 0 Å². The maximum absolute atomic E-state index is 3.86. The molecule has 1 saturated carbocycles. The van der Waals surface area contributed by atoms with Crippen LogP contribution in [0, 0.1) is 0 Å². The number of hydrogen-bond acceptors (Lipinski definition) is 3. The molecule has 0 radical (unpaired) electrons. The molecule has 2 nitrogen and oxygen atoms in total. The molecule has 20 heavy (non-hydrogen) atoms. The Morgan fingerprint density at radius 1 is 1.35 bits per heavy atom. The smallest absolute Gasteiger partial charge is 0.0335 e. The lowest BCUT2D eigenvalue weighted by Gasteiger charge is -2.52. The van der Waals surface area contributed by atoms with E-state index in [0.717, 1.165) is 0 Å². The molecule has 1 aromatic rings. The second-order valence-corrected chi connectivity index (χ2v) is 7.98. The zero-order chi connectivity index (χ0) is 14.1. The predicted octanol–water partition coefficient (Wildman–Crippen LogP) is 3.68. The Kier molecular flexibility index (Phi) is 4.21. The summed E-state index contributed by atoms with van der Waals surface area (Å²) in [7, 11) is 0. The van der Waals surface area contributed by atoms with Gasteiger partial charge in [-0.3, -0.25) is 4.90 Å². The minimum atomic E-state index is 0.309. The molecule has 1 unspecified atom stereocenters. The average molecular weight is 292 g/mol. The van der Waals surface area contributed by atoms with Crippen molar-refractivity contribution in [3.05, 3.63) is 22.4 Å². The minimum absolute atomic E-state index is 0.309. The van der Waals surface area contributed by atoms with E-state index in [-0.39, 0.29) is 0 Å². The summed E-state index contributed by atoms with van der Waals surface area (Å²) in [5, 5.41) is 6.06. The summed E-state index contributed by atoms with van der Waals surface area (Å²) < 4.78 is 0. The summed E-state index contributed by atoms with van der Waals surface area (Å²) in [5.41, 5.74) is 0.773. The molecule has 3 heteroatoms. The zero-order valence-corrected chi connectivity index (χ0v) is 13.8. The lowest BCUT2D eigenvalue weighted by atomic mass is 9.85. The highest BCUT2D eigenvalue weighted by Gasteiger charge is 2.46. The summed E-state index contributed by atoms with van der Waals surface area (Å²) in [6, 6.07) is 4.46. The number of piperazine rings is 1. The van der Waals surface area contributed by atoms with Crippen LogP contribution in [-0.2, 0) is 6.42 Å². The topological polar surface area (TPSA) is 15.3 Å². The Balaban J connectivity index is 1.71. The maximum Gasteiger partial charge on any atom is 0.0335 e. The van der Waals surface area contributed by atoms with Gasteiger partial charge in [0.1, 0.15) is 0 Å². The van der Waals surface area contributed by atoms with Crippen molar-refractivity contribution in [2.75, 3.05) is 19.6 Å². The van der Waals surface area contributed by atoms with Crippen molar-refractivity contribution in [2.45, 2.75) is 63.5 Å². The summed E-state index contributed by atoms with van der Waals surface area (Å²) in [5.74, 6) is 0. The van der Waals surface area contributed by atoms with E-state index >= 15 is 0 Å². The molecule has 0 bridgehead atoms. The van der Waals surface area contributed by atoms with Crippen molar-refractivity contribution >= 4 is 11.3 Å². The molecule has 1 spiro atoms. The third-order valence-electron chi connectivity index (χ3n) is 5.58. The molecule has 1 saturated heterocycles. The minimum Gasteiger partial charge on any atom is -0.308 e. The van der Waals surface area contributed by atoms with Crippen molar-refractivity contribution in [2.24, 2.45) is 0 Å². The van der Waals surface area contributed by atoms with Crippen LogP contribution in [0.1, 0.15) is 50.8 Å². The first kappa shape index (κ1) is 14.6. The van der Waals surface area contributed by atoms with Gasteiger partial charge < -0.3 is 5.32 Å². The molecule has 3 rings (SSSR count). The first-order valence-electron chi connectivity index (χ1n) is 8.18. The first-order chi connectivity index (χ1) is 9.66. The molecule has 0 aromatic carbocycles. The van der Waals surface area contributed by atoms with Gasteiger partial charge in [-0.15, -0.1) is 11.3 Å². The average Bonchev–Trinajstić information content (AvgIpc) is 3.13. The van der Waals surface area contributed by atoms with Crippen LogP contribution in [0.4, 0.5) is 0 Å². The van der Waals surface area contributed by atoms with Gasteiger partial charge in [0.05, 0.1) is 0 Å². The fourth-order valence-corrected chi connectivity index (χ4v) is 4.61.